The van der Waals surface area contributed by atoms with E-state index in [0.29, 0.717) is 12.5 Å². The molecule has 19 heavy (non-hydrogen) atoms. The topological polar surface area (TPSA) is 51.1 Å². The van der Waals surface area contributed by atoms with Crippen LogP contribution in [0.5, 0.6) is 0 Å². The summed E-state index contributed by atoms with van der Waals surface area (Å²) in [6, 6.07) is 0.477. The lowest BCUT2D eigenvalue weighted by Gasteiger charge is -2.22. The van der Waals surface area contributed by atoms with Crippen molar-refractivity contribution in [3.05, 3.63) is 23.5 Å². The molecule has 1 aliphatic carbocycles. The molecule has 0 aromatic carbocycles. The number of sulfone groups is 1. The average molecular weight is 284 g/mol. The van der Waals surface area contributed by atoms with Gasteiger partial charge in [-0.3, -0.25) is 0 Å². The fraction of sp³-hybridized carbons (Fsp3) is 0.714. The molecule has 1 unspecified atom stereocenters. The van der Waals surface area contributed by atoms with Crippen molar-refractivity contribution in [1.29, 1.82) is 0 Å². The third-order valence-electron chi connectivity index (χ3n) is 3.69. The predicted molar refractivity (Wildman–Crippen MR) is 78.1 cm³/mol. The van der Waals surface area contributed by atoms with Crippen LogP contribution in [0.1, 0.15) is 43.4 Å². The van der Waals surface area contributed by atoms with Crippen molar-refractivity contribution in [3.8, 4) is 0 Å². The number of hydrogen-bond acceptors (Lipinski definition) is 3. The summed E-state index contributed by atoms with van der Waals surface area (Å²) in [6.07, 6.45) is 9.97. The number of nitrogens with one attached hydrogen (secondary N) is 1. The number of aromatic nitrogens is 1. The summed E-state index contributed by atoms with van der Waals surface area (Å²) in [5.41, 5.74) is 2.84. The molecule has 0 aliphatic heterocycles. The smallest absolute Gasteiger partial charge is 0.147 e. The number of aryl methyl sites for hydroxylation is 2. The molecule has 1 atom stereocenters. The highest BCUT2D eigenvalue weighted by Gasteiger charge is 2.21. The molecule has 0 saturated heterocycles. The Morgan fingerprint density at radius 1 is 1.42 bits per heavy atom. The quantitative estimate of drug-likeness (QED) is 0.868. The number of rotatable bonds is 6. The van der Waals surface area contributed by atoms with E-state index < -0.39 is 9.84 Å². The SMILES string of the molecule is CCNC1CCCc2cn(CCCS(C)(=O)=O)cc21. The van der Waals surface area contributed by atoms with Crippen molar-refractivity contribution < 1.29 is 8.42 Å². The van der Waals surface area contributed by atoms with Crippen LogP contribution < -0.4 is 5.32 Å². The summed E-state index contributed by atoms with van der Waals surface area (Å²) in [7, 11) is -2.84. The Hall–Kier alpha value is -0.810. The molecule has 1 N–H and O–H groups in total. The van der Waals surface area contributed by atoms with Crippen LogP contribution in [0.15, 0.2) is 12.4 Å². The average Bonchev–Trinajstić information content (AvgIpc) is 2.71. The largest absolute Gasteiger partial charge is 0.354 e. The van der Waals surface area contributed by atoms with E-state index >= 15 is 0 Å². The minimum Gasteiger partial charge on any atom is -0.354 e. The van der Waals surface area contributed by atoms with Crippen LogP contribution in [0.3, 0.4) is 0 Å². The van der Waals surface area contributed by atoms with Crippen LogP contribution in [-0.4, -0.2) is 31.5 Å². The Morgan fingerprint density at radius 2 is 2.21 bits per heavy atom. The van der Waals surface area contributed by atoms with Crippen LogP contribution in [0.25, 0.3) is 0 Å². The van der Waals surface area contributed by atoms with Gasteiger partial charge in [0.05, 0.1) is 5.75 Å². The molecule has 2 rings (SSSR count). The number of fused-ring (bicyclic) bond motifs is 1. The van der Waals surface area contributed by atoms with Gasteiger partial charge in [0, 0.05) is 31.2 Å². The summed E-state index contributed by atoms with van der Waals surface area (Å²) in [5, 5.41) is 3.53. The van der Waals surface area contributed by atoms with Crippen LogP contribution in [0, 0.1) is 0 Å². The molecule has 0 bridgehead atoms. The van der Waals surface area contributed by atoms with Gasteiger partial charge in [0.2, 0.25) is 0 Å². The molecule has 0 radical (unpaired) electrons. The Kier molecular flexibility index (Phi) is 4.68. The Balaban J connectivity index is 2.00. The van der Waals surface area contributed by atoms with E-state index in [9.17, 15) is 8.42 Å². The van der Waals surface area contributed by atoms with Gasteiger partial charge in [-0.1, -0.05) is 6.92 Å². The van der Waals surface area contributed by atoms with Gasteiger partial charge in [-0.2, -0.15) is 0 Å². The van der Waals surface area contributed by atoms with Gasteiger partial charge in [-0.05, 0) is 43.4 Å². The van der Waals surface area contributed by atoms with E-state index in [0.717, 1.165) is 19.5 Å². The maximum Gasteiger partial charge on any atom is 0.147 e. The van der Waals surface area contributed by atoms with Gasteiger partial charge in [-0.15, -0.1) is 0 Å². The Labute approximate surface area is 116 Å². The molecule has 1 aromatic heterocycles. The molecule has 108 valence electrons. The summed E-state index contributed by atoms with van der Waals surface area (Å²) in [5.74, 6) is 0.270. The van der Waals surface area contributed by atoms with Crippen molar-refractivity contribution in [2.45, 2.75) is 45.2 Å². The minimum atomic E-state index is -2.84. The van der Waals surface area contributed by atoms with Crippen LogP contribution in [0.4, 0.5) is 0 Å². The van der Waals surface area contributed by atoms with Crippen LogP contribution >= 0.6 is 0 Å². The van der Waals surface area contributed by atoms with Gasteiger partial charge >= 0.3 is 0 Å². The van der Waals surface area contributed by atoms with Gasteiger partial charge in [-0.25, -0.2) is 8.42 Å². The molecule has 0 amide bonds. The van der Waals surface area contributed by atoms with Gasteiger partial charge in [0.1, 0.15) is 9.84 Å². The molecule has 0 saturated carbocycles. The van der Waals surface area contributed by atoms with Gasteiger partial charge < -0.3 is 9.88 Å². The lowest BCUT2D eigenvalue weighted by molar-refractivity contribution is 0.473. The first-order valence-corrected chi connectivity index (χ1v) is 9.15. The summed E-state index contributed by atoms with van der Waals surface area (Å²) < 4.78 is 24.4. The maximum absolute atomic E-state index is 11.1. The van der Waals surface area contributed by atoms with Crippen LogP contribution in [-0.2, 0) is 22.8 Å². The zero-order valence-electron chi connectivity index (χ0n) is 11.9. The molecule has 5 heteroatoms. The standard InChI is InChI=1S/C14H24N2O2S/c1-3-15-14-7-4-6-12-10-16(11-13(12)14)8-5-9-19(2,17)18/h10-11,14-15H,3-9H2,1-2H3. The second-order valence-corrected chi connectivity index (χ2v) is 7.72. The molecule has 1 aliphatic rings. The van der Waals surface area contributed by atoms with E-state index in [2.05, 4.69) is 29.2 Å². The number of hydrogen-bond donors (Lipinski definition) is 1. The van der Waals surface area contributed by atoms with E-state index in [1.54, 1.807) is 0 Å². The fourth-order valence-electron chi connectivity index (χ4n) is 2.85. The maximum atomic E-state index is 11.1. The van der Waals surface area contributed by atoms with Crippen molar-refractivity contribution in [2.24, 2.45) is 0 Å². The van der Waals surface area contributed by atoms with E-state index in [-0.39, 0.29) is 5.75 Å². The highest BCUT2D eigenvalue weighted by Crippen LogP contribution is 2.30. The lowest BCUT2D eigenvalue weighted by Crippen LogP contribution is -2.23. The molecule has 0 spiro atoms. The Bertz CT molecular complexity index is 520. The van der Waals surface area contributed by atoms with Crippen molar-refractivity contribution >= 4 is 9.84 Å². The first-order chi connectivity index (χ1) is 8.99. The second kappa shape index (κ2) is 6.09. The van der Waals surface area contributed by atoms with Crippen LogP contribution in [0.2, 0.25) is 0 Å². The van der Waals surface area contributed by atoms with E-state index in [4.69, 9.17) is 0 Å². The summed E-state index contributed by atoms with van der Waals surface area (Å²) in [6.45, 7) is 3.92. The minimum absolute atomic E-state index is 0.270. The molecular weight excluding hydrogens is 260 g/mol. The van der Waals surface area contributed by atoms with Crippen molar-refractivity contribution in [2.75, 3.05) is 18.6 Å². The lowest BCUT2D eigenvalue weighted by atomic mass is 9.91. The first-order valence-electron chi connectivity index (χ1n) is 7.09. The van der Waals surface area contributed by atoms with Gasteiger partial charge in [0.15, 0.2) is 0 Å². The zero-order valence-corrected chi connectivity index (χ0v) is 12.7. The molecular formula is C14H24N2O2S. The third-order valence-corrected chi connectivity index (χ3v) is 4.72. The highest BCUT2D eigenvalue weighted by molar-refractivity contribution is 7.90. The number of nitrogens with zero attached hydrogens (tertiary/aromatic N) is 1. The molecule has 1 aromatic rings. The normalized spacial score (nSPS) is 19.4. The monoisotopic (exact) mass is 284 g/mol. The van der Waals surface area contributed by atoms with E-state index in [1.807, 2.05) is 0 Å². The summed E-state index contributed by atoms with van der Waals surface area (Å²) in [4.78, 5) is 0. The Morgan fingerprint density at radius 3 is 2.89 bits per heavy atom. The molecule has 4 nitrogen and oxygen atoms in total. The van der Waals surface area contributed by atoms with E-state index in [1.165, 1.54) is 30.2 Å². The predicted octanol–water partition coefficient (Wildman–Crippen LogP) is 1.91. The van der Waals surface area contributed by atoms with Crippen molar-refractivity contribution in [3.63, 3.8) is 0 Å². The first kappa shape index (κ1) is 14.6. The fourth-order valence-corrected chi connectivity index (χ4v) is 3.50. The highest BCUT2D eigenvalue weighted by atomic mass is 32.2. The summed E-state index contributed by atoms with van der Waals surface area (Å²) >= 11 is 0. The molecule has 0 fully saturated rings. The van der Waals surface area contributed by atoms with Crippen molar-refractivity contribution in [1.82, 2.24) is 9.88 Å². The van der Waals surface area contributed by atoms with Gasteiger partial charge in [0.25, 0.3) is 0 Å². The second-order valence-electron chi connectivity index (χ2n) is 5.46. The molecule has 1 heterocycles. The third kappa shape index (κ3) is 4.08. The zero-order chi connectivity index (χ0) is 13.9.